The molecule has 2 unspecified atom stereocenters. The molecule has 2 aliphatic rings. The lowest BCUT2D eigenvalue weighted by molar-refractivity contribution is -0.190. The molecule has 0 amide bonds. The fourth-order valence-corrected chi connectivity index (χ4v) is 2.44. The van der Waals surface area contributed by atoms with E-state index in [1.165, 1.54) is 0 Å². The summed E-state index contributed by atoms with van der Waals surface area (Å²) in [5.74, 6) is 0. The van der Waals surface area contributed by atoms with Crippen molar-refractivity contribution in [2.45, 2.75) is 37.9 Å². The van der Waals surface area contributed by atoms with Crippen molar-refractivity contribution in [1.29, 1.82) is 0 Å². The molecule has 94 valence electrons. The minimum atomic E-state index is -0.413. The number of aliphatic hydroxyl groups excluding tert-OH is 1. The Bertz CT molecular complexity index is 226. The predicted octanol–water partition coefficient (Wildman–Crippen LogP) is -0.171. The van der Waals surface area contributed by atoms with Gasteiger partial charge in [0.25, 0.3) is 0 Å². The fraction of sp³-hybridized carbons (Fsp3) is 1.00. The van der Waals surface area contributed by atoms with Crippen LogP contribution in [0.15, 0.2) is 0 Å². The lowest BCUT2D eigenvalue weighted by Crippen LogP contribution is -2.57. The molecule has 16 heavy (non-hydrogen) atoms. The number of hydrogen-bond donors (Lipinski definition) is 1. The summed E-state index contributed by atoms with van der Waals surface area (Å²) in [5, 5.41) is 10.1. The summed E-state index contributed by atoms with van der Waals surface area (Å²) >= 11 is 0. The standard InChI is InChI=1S/C11H21NO4/c1-8-11(13)9(3-5-15-8)12-4-6-16-10(7-12)14-2/h8-11,13H,3-7H2,1-2H3/t8-,9?,10-,11?/m0/s1. The molecule has 5 nitrogen and oxygen atoms in total. The summed E-state index contributed by atoms with van der Waals surface area (Å²) in [5.41, 5.74) is 0. The first-order valence-electron chi connectivity index (χ1n) is 5.90. The third-order valence-electron chi connectivity index (χ3n) is 3.47. The number of aliphatic hydroxyl groups is 1. The summed E-state index contributed by atoms with van der Waals surface area (Å²) in [6.07, 6.45) is 0.216. The number of rotatable bonds is 2. The molecule has 0 bridgehead atoms. The van der Waals surface area contributed by atoms with E-state index >= 15 is 0 Å². The van der Waals surface area contributed by atoms with Crippen molar-refractivity contribution in [3.63, 3.8) is 0 Å². The van der Waals surface area contributed by atoms with Gasteiger partial charge in [0, 0.05) is 32.8 Å². The van der Waals surface area contributed by atoms with Gasteiger partial charge in [0.2, 0.25) is 0 Å². The first kappa shape index (κ1) is 12.3. The lowest BCUT2D eigenvalue weighted by Gasteiger charge is -2.43. The Morgan fingerprint density at radius 1 is 1.31 bits per heavy atom. The molecule has 5 heteroatoms. The summed E-state index contributed by atoms with van der Waals surface area (Å²) in [7, 11) is 1.65. The van der Waals surface area contributed by atoms with Gasteiger partial charge in [-0.1, -0.05) is 0 Å². The van der Waals surface area contributed by atoms with E-state index < -0.39 is 6.10 Å². The molecule has 2 heterocycles. The molecule has 0 aromatic heterocycles. The average molecular weight is 231 g/mol. The van der Waals surface area contributed by atoms with Crippen molar-refractivity contribution in [2.24, 2.45) is 0 Å². The van der Waals surface area contributed by atoms with Gasteiger partial charge < -0.3 is 19.3 Å². The van der Waals surface area contributed by atoms with Crippen LogP contribution in [0.2, 0.25) is 0 Å². The molecule has 0 radical (unpaired) electrons. The van der Waals surface area contributed by atoms with Crippen LogP contribution in [-0.2, 0) is 14.2 Å². The molecule has 0 aromatic rings. The smallest absolute Gasteiger partial charge is 0.169 e. The molecule has 0 saturated carbocycles. The van der Waals surface area contributed by atoms with Crippen LogP contribution in [0.5, 0.6) is 0 Å². The van der Waals surface area contributed by atoms with Gasteiger partial charge in [0.1, 0.15) is 0 Å². The fourth-order valence-electron chi connectivity index (χ4n) is 2.44. The highest BCUT2D eigenvalue weighted by Gasteiger charge is 2.36. The van der Waals surface area contributed by atoms with E-state index in [2.05, 4.69) is 4.90 Å². The van der Waals surface area contributed by atoms with Crippen molar-refractivity contribution in [1.82, 2.24) is 4.90 Å². The molecule has 0 spiro atoms. The topological polar surface area (TPSA) is 51.2 Å². The highest BCUT2D eigenvalue weighted by atomic mass is 16.7. The number of ether oxygens (including phenoxy) is 3. The number of methoxy groups -OCH3 is 1. The van der Waals surface area contributed by atoms with Crippen LogP contribution in [0.25, 0.3) is 0 Å². The van der Waals surface area contributed by atoms with Crippen molar-refractivity contribution in [3.8, 4) is 0 Å². The zero-order valence-corrected chi connectivity index (χ0v) is 9.96. The van der Waals surface area contributed by atoms with E-state index in [1.54, 1.807) is 7.11 Å². The van der Waals surface area contributed by atoms with Crippen molar-refractivity contribution in [2.75, 3.05) is 33.4 Å². The van der Waals surface area contributed by atoms with Gasteiger partial charge in [-0.05, 0) is 13.3 Å². The van der Waals surface area contributed by atoms with Crippen molar-refractivity contribution in [3.05, 3.63) is 0 Å². The van der Waals surface area contributed by atoms with E-state index in [9.17, 15) is 5.11 Å². The Hall–Kier alpha value is -0.200. The van der Waals surface area contributed by atoms with Crippen molar-refractivity contribution < 1.29 is 19.3 Å². The second kappa shape index (κ2) is 5.42. The van der Waals surface area contributed by atoms with Gasteiger partial charge in [-0.3, -0.25) is 4.90 Å². The highest BCUT2D eigenvalue weighted by Crippen LogP contribution is 2.22. The Morgan fingerprint density at radius 3 is 2.88 bits per heavy atom. The molecular formula is C11H21NO4. The SMILES string of the molecule is CO[C@@H]1CN(C2CCO[C@@H](C)C2O)CCO1. The van der Waals surface area contributed by atoms with E-state index in [-0.39, 0.29) is 18.4 Å². The van der Waals surface area contributed by atoms with E-state index in [1.807, 2.05) is 6.92 Å². The molecule has 1 N–H and O–H groups in total. The number of morpholine rings is 1. The molecule has 2 aliphatic heterocycles. The van der Waals surface area contributed by atoms with Crippen LogP contribution in [0.1, 0.15) is 13.3 Å². The zero-order valence-electron chi connectivity index (χ0n) is 9.96. The molecule has 2 fully saturated rings. The van der Waals surface area contributed by atoms with Gasteiger partial charge in [-0.2, -0.15) is 0 Å². The molecular weight excluding hydrogens is 210 g/mol. The summed E-state index contributed by atoms with van der Waals surface area (Å²) in [6.45, 7) is 4.89. The third-order valence-corrected chi connectivity index (χ3v) is 3.47. The summed E-state index contributed by atoms with van der Waals surface area (Å²) in [4.78, 5) is 2.25. The Balaban J connectivity index is 1.94. The quantitative estimate of drug-likeness (QED) is 0.715. The highest BCUT2D eigenvalue weighted by molar-refractivity contribution is 4.87. The van der Waals surface area contributed by atoms with Crippen LogP contribution in [0, 0.1) is 0 Å². The second-order valence-electron chi connectivity index (χ2n) is 4.45. The summed E-state index contributed by atoms with van der Waals surface area (Å²) < 4.78 is 16.1. The first-order valence-corrected chi connectivity index (χ1v) is 5.90. The maximum Gasteiger partial charge on any atom is 0.169 e. The number of nitrogens with zero attached hydrogens (tertiary/aromatic N) is 1. The average Bonchev–Trinajstić information content (AvgIpc) is 2.33. The van der Waals surface area contributed by atoms with E-state index in [0.717, 1.165) is 26.1 Å². The third kappa shape index (κ3) is 2.55. The first-order chi connectivity index (χ1) is 7.72. The van der Waals surface area contributed by atoms with Crippen LogP contribution >= 0.6 is 0 Å². The Morgan fingerprint density at radius 2 is 2.12 bits per heavy atom. The monoisotopic (exact) mass is 231 g/mol. The largest absolute Gasteiger partial charge is 0.389 e. The molecule has 0 aliphatic carbocycles. The summed E-state index contributed by atoms with van der Waals surface area (Å²) in [6, 6.07) is 0.172. The lowest BCUT2D eigenvalue weighted by atomic mass is 9.98. The molecule has 2 saturated heterocycles. The van der Waals surface area contributed by atoms with Gasteiger partial charge in [-0.25, -0.2) is 0 Å². The minimum Gasteiger partial charge on any atom is -0.389 e. The molecule has 4 atom stereocenters. The van der Waals surface area contributed by atoms with Crippen LogP contribution in [-0.4, -0.2) is 68.0 Å². The molecule has 0 aromatic carbocycles. The predicted molar refractivity (Wildman–Crippen MR) is 58.1 cm³/mol. The van der Waals surface area contributed by atoms with Gasteiger partial charge in [-0.15, -0.1) is 0 Å². The van der Waals surface area contributed by atoms with Gasteiger partial charge >= 0.3 is 0 Å². The minimum absolute atomic E-state index is 0.0809. The maximum atomic E-state index is 10.1. The number of hydrogen-bond acceptors (Lipinski definition) is 5. The Labute approximate surface area is 96.3 Å². The van der Waals surface area contributed by atoms with E-state index in [0.29, 0.717) is 6.61 Å². The van der Waals surface area contributed by atoms with Crippen LogP contribution in [0.4, 0.5) is 0 Å². The normalized spacial score (nSPS) is 42.2. The molecule has 2 rings (SSSR count). The van der Waals surface area contributed by atoms with Crippen LogP contribution in [0.3, 0.4) is 0 Å². The second-order valence-corrected chi connectivity index (χ2v) is 4.45. The van der Waals surface area contributed by atoms with E-state index in [4.69, 9.17) is 14.2 Å². The van der Waals surface area contributed by atoms with Crippen molar-refractivity contribution >= 4 is 0 Å². The van der Waals surface area contributed by atoms with Gasteiger partial charge in [0.15, 0.2) is 6.29 Å². The Kier molecular flexibility index (Phi) is 4.16. The maximum absolute atomic E-state index is 10.1. The van der Waals surface area contributed by atoms with Gasteiger partial charge in [0.05, 0.1) is 18.8 Å². The van der Waals surface area contributed by atoms with Crippen LogP contribution < -0.4 is 0 Å². The zero-order chi connectivity index (χ0) is 11.5.